The van der Waals surface area contributed by atoms with Crippen LogP contribution in [0.1, 0.15) is 37.4 Å². The number of carbonyl (C=O) groups excluding carboxylic acids is 2. The summed E-state index contributed by atoms with van der Waals surface area (Å²) in [6.45, 7) is 6.83. The van der Waals surface area contributed by atoms with Gasteiger partial charge in [-0.05, 0) is 62.0 Å². The molecule has 2 aromatic rings. The molecule has 9 nitrogen and oxygen atoms in total. The Hall–Kier alpha value is -3.43. The first-order chi connectivity index (χ1) is 16.7. The molecule has 1 aliphatic rings. The number of aliphatic hydroxyl groups is 1. The van der Waals surface area contributed by atoms with Crippen molar-refractivity contribution in [2.75, 3.05) is 33.3 Å². The standard InChI is InChI=1S/C25H28ClN3O6/c1-4-27(5-2)13-6-14-28-22(16-7-10-18(11-8-16)29(33)34)21(24(31)25(28)32)23(30)17-9-12-20(35-3)19(26)15-17/h7-12,15,22,30H,4-6,13-14H2,1-3H3/t22-/m0/s1. The molecule has 1 fully saturated rings. The molecule has 0 saturated carbocycles. The Morgan fingerprint density at radius 2 is 1.83 bits per heavy atom. The zero-order valence-electron chi connectivity index (χ0n) is 19.9. The second kappa shape index (κ2) is 11.3. The van der Waals surface area contributed by atoms with Crippen LogP contribution in [0.2, 0.25) is 5.02 Å². The quantitative estimate of drug-likeness (QED) is 0.169. The summed E-state index contributed by atoms with van der Waals surface area (Å²) in [5, 5.41) is 22.5. The first kappa shape index (κ1) is 26.2. The SMILES string of the molecule is CCN(CC)CCCN1C(=O)C(=O)C(=C(O)c2ccc(OC)c(Cl)c2)[C@@H]1c1ccc([N+](=O)[O-])cc1. The van der Waals surface area contributed by atoms with Crippen LogP contribution >= 0.6 is 11.6 Å². The van der Waals surface area contributed by atoms with Crippen LogP contribution in [-0.4, -0.2) is 64.8 Å². The van der Waals surface area contributed by atoms with Gasteiger partial charge in [0.05, 0.1) is 28.7 Å². The van der Waals surface area contributed by atoms with E-state index in [0.717, 1.165) is 19.6 Å². The van der Waals surface area contributed by atoms with Gasteiger partial charge in [0.15, 0.2) is 0 Å². The monoisotopic (exact) mass is 501 g/mol. The number of aliphatic hydroxyl groups excluding tert-OH is 1. The lowest BCUT2D eigenvalue weighted by molar-refractivity contribution is -0.384. The average molecular weight is 502 g/mol. The number of nitro groups is 1. The minimum Gasteiger partial charge on any atom is -0.507 e. The number of carbonyl (C=O) groups is 2. The molecule has 1 N–H and O–H groups in total. The number of hydrogen-bond acceptors (Lipinski definition) is 7. The molecule has 1 saturated heterocycles. The molecule has 2 aromatic carbocycles. The fourth-order valence-electron chi connectivity index (χ4n) is 4.21. The van der Waals surface area contributed by atoms with Gasteiger partial charge in [-0.15, -0.1) is 0 Å². The van der Waals surface area contributed by atoms with Crippen molar-refractivity contribution in [2.24, 2.45) is 0 Å². The summed E-state index contributed by atoms with van der Waals surface area (Å²) < 4.78 is 5.15. The van der Waals surface area contributed by atoms with E-state index in [1.165, 1.54) is 42.3 Å². The number of Topliss-reactive ketones (excluding diaryl/α,β-unsaturated/α-hetero) is 1. The molecule has 35 heavy (non-hydrogen) atoms. The number of nitrogens with zero attached hydrogens (tertiary/aromatic N) is 3. The van der Waals surface area contributed by atoms with E-state index in [4.69, 9.17) is 16.3 Å². The number of non-ortho nitro benzene ring substituents is 1. The van der Waals surface area contributed by atoms with Gasteiger partial charge < -0.3 is 19.6 Å². The average Bonchev–Trinajstić information content (AvgIpc) is 3.11. The fraction of sp³-hybridized carbons (Fsp3) is 0.360. The van der Waals surface area contributed by atoms with Crippen LogP contribution in [0.4, 0.5) is 5.69 Å². The first-order valence-corrected chi connectivity index (χ1v) is 11.7. The number of rotatable bonds is 10. The Kier molecular flexibility index (Phi) is 8.48. The van der Waals surface area contributed by atoms with E-state index >= 15 is 0 Å². The van der Waals surface area contributed by atoms with E-state index < -0.39 is 22.7 Å². The Labute approximate surface area is 208 Å². The predicted molar refractivity (Wildman–Crippen MR) is 133 cm³/mol. The molecule has 0 aliphatic carbocycles. The Morgan fingerprint density at radius 3 is 2.37 bits per heavy atom. The summed E-state index contributed by atoms with van der Waals surface area (Å²) in [5.41, 5.74) is 0.532. The molecule has 3 rings (SSSR count). The van der Waals surface area contributed by atoms with Crippen LogP contribution < -0.4 is 4.74 Å². The summed E-state index contributed by atoms with van der Waals surface area (Å²) in [6.07, 6.45) is 0.618. The van der Waals surface area contributed by atoms with Gasteiger partial charge in [0.2, 0.25) is 0 Å². The van der Waals surface area contributed by atoms with Crippen molar-refractivity contribution in [2.45, 2.75) is 26.3 Å². The van der Waals surface area contributed by atoms with E-state index in [1.54, 1.807) is 12.1 Å². The molecular weight excluding hydrogens is 474 g/mol. The van der Waals surface area contributed by atoms with Crippen molar-refractivity contribution in [3.8, 4) is 5.75 Å². The van der Waals surface area contributed by atoms with Crippen LogP contribution in [0, 0.1) is 10.1 Å². The van der Waals surface area contributed by atoms with Crippen molar-refractivity contribution in [1.82, 2.24) is 9.80 Å². The smallest absolute Gasteiger partial charge is 0.295 e. The topological polar surface area (TPSA) is 113 Å². The molecule has 10 heteroatoms. The highest BCUT2D eigenvalue weighted by Gasteiger charge is 2.46. The summed E-state index contributed by atoms with van der Waals surface area (Å²) in [5.74, 6) is -1.52. The number of ether oxygens (including phenoxy) is 1. The third-order valence-electron chi connectivity index (χ3n) is 6.15. The largest absolute Gasteiger partial charge is 0.507 e. The van der Waals surface area contributed by atoms with Crippen molar-refractivity contribution in [3.05, 3.63) is 74.3 Å². The van der Waals surface area contributed by atoms with Crippen molar-refractivity contribution < 1.29 is 24.4 Å². The zero-order valence-corrected chi connectivity index (χ0v) is 20.6. The lowest BCUT2D eigenvalue weighted by Gasteiger charge is -2.26. The van der Waals surface area contributed by atoms with Gasteiger partial charge in [0.25, 0.3) is 17.4 Å². The van der Waals surface area contributed by atoms with Gasteiger partial charge in [-0.3, -0.25) is 19.7 Å². The van der Waals surface area contributed by atoms with E-state index in [0.29, 0.717) is 17.7 Å². The van der Waals surface area contributed by atoms with Crippen molar-refractivity contribution in [1.29, 1.82) is 0 Å². The van der Waals surface area contributed by atoms with Crippen molar-refractivity contribution >= 4 is 34.7 Å². The molecule has 1 atom stereocenters. The zero-order chi connectivity index (χ0) is 25.7. The van der Waals surface area contributed by atoms with Crippen molar-refractivity contribution in [3.63, 3.8) is 0 Å². The number of ketones is 1. The van der Waals surface area contributed by atoms with E-state index in [2.05, 4.69) is 4.90 Å². The van der Waals surface area contributed by atoms with Gasteiger partial charge >= 0.3 is 0 Å². The maximum Gasteiger partial charge on any atom is 0.295 e. The summed E-state index contributed by atoms with van der Waals surface area (Å²) >= 11 is 6.21. The van der Waals surface area contributed by atoms with Gasteiger partial charge in [-0.25, -0.2) is 0 Å². The molecule has 0 aromatic heterocycles. The molecule has 186 valence electrons. The van der Waals surface area contributed by atoms with Crippen LogP contribution in [0.25, 0.3) is 5.76 Å². The number of halogens is 1. The summed E-state index contributed by atoms with van der Waals surface area (Å²) in [4.78, 5) is 40.4. The van der Waals surface area contributed by atoms with E-state index in [1.807, 2.05) is 13.8 Å². The van der Waals surface area contributed by atoms with Gasteiger partial charge in [0.1, 0.15) is 11.5 Å². The lowest BCUT2D eigenvalue weighted by atomic mass is 9.95. The second-order valence-corrected chi connectivity index (χ2v) is 8.48. The number of benzene rings is 2. The predicted octanol–water partition coefficient (Wildman–Crippen LogP) is 4.41. The molecule has 0 radical (unpaired) electrons. The molecule has 1 heterocycles. The van der Waals surface area contributed by atoms with Crippen LogP contribution in [0.5, 0.6) is 5.75 Å². The van der Waals surface area contributed by atoms with Gasteiger partial charge in [-0.1, -0.05) is 25.4 Å². The van der Waals surface area contributed by atoms with E-state index in [9.17, 15) is 24.8 Å². The minimum atomic E-state index is -0.895. The van der Waals surface area contributed by atoms with Crippen LogP contribution in [0.3, 0.4) is 0 Å². The highest BCUT2D eigenvalue weighted by molar-refractivity contribution is 6.46. The fourth-order valence-corrected chi connectivity index (χ4v) is 4.47. The highest BCUT2D eigenvalue weighted by Crippen LogP contribution is 2.40. The minimum absolute atomic E-state index is 0.0899. The normalized spacial score (nSPS) is 17.3. The third-order valence-corrected chi connectivity index (χ3v) is 6.45. The number of nitro benzene ring substituents is 1. The second-order valence-electron chi connectivity index (χ2n) is 8.07. The number of likely N-dealkylation sites (tertiary alicyclic amines) is 1. The molecule has 1 amide bonds. The van der Waals surface area contributed by atoms with Crippen LogP contribution in [-0.2, 0) is 9.59 Å². The van der Waals surface area contributed by atoms with Gasteiger partial charge in [-0.2, -0.15) is 0 Å². The molecular formula is C25H28ClN3O6. The maximum atomic E-state index is 13.1. The Bertz CT molecular complexity index is 1140. The number of hydrogen-bond donors (Lipinski definition) is 1. The summed E-state index contributed by atoms with van der Waals surface area (Å²) in [6, 6.07) is 9.29. The van der Waals surface area contributed by atoms with E-state index in [-0.39, 0.29) is 34.2 Å². The number of amides is 1. The third kappa shape index (κ3) is 5.47. The van der Waals surface area contributed by atoms with Gasteiger partial charge in [0, 0.05) is 24.2 Å². The highest BCUT2D eigenvalue weighted by atomic mass is 35.5. The molecule has 1 aliphatic heterocycles. The lowest BCUT2D eigenvalue weighted by Crippen LogP contribution is -2.33. The number of methoxy groups -OCH3 is 1. The Balaban J connectivity index is 2.07. The molecule has 0 bridgehead atoms. The van der Waals surface area contributed by atoms with Crippen LogP contribution in [0.15, 0.2) is 48.0 Å². The first-order valence-electron chi connectivity index (χ1n) is 11.3. The summed E-state index contributed by atoms with van der Waals surface area (Å²) in [7, 11) is 1.46. The molecule has 0 unspecified atom stereocenters. The molecule has 0 spiro atoms. The maximum absolute atomic E-state index is 13.1. The Morgan fingerprint density at radius 1 is 1.17 bits per heavy atom.